The lowest BCUT2D eigenvalue weighted by Gasteiger charge is -2.09. The third kappa shape index (κ3) is 2.05. The predicted octanol–water partition coefficient (Wildman–Crippen LogP) is 2.76. The quantitative estimate of drug-likeness (QED) is 0.722. The number of allylic oxidation sites excluding steroid dienone is 1. The Morgan fingerprint density at radius 1 is 1.50 bits per heavy atom. The van der Waals surface area contributed by atoms with E-state index in [1.165, 1.54) is 29.7 Å². The van der Waals surface area contributed by atoms with Crippen LogP contribution < -0.4 is 5.32 Å². The van der Waals surface area contributed by atoms with Crippen LogP contribution in [0.5, 0.6) is 0 Å². The van der Waals surface area contributed by atoms with Crippen molar-refractivity contribution in [3.63, 3.8) is 0 Å². The van der Waals surface area contributed by atoms with Crippen LogP contribution in [-0.4, -0.2) is 12.6 Å². The maximum Gasteiger partial charge on any atom is 0.0233 e. The van der Waals surface area contributed by atoms with Gasteiger partial charge in [-0.2, -0.15) is 0 Å². The van der Waals surface area contributed by atoms with Crippen LogP contribution in [0.1, 0.15) is 24.5 Å². The first-order chi connectivity index (χ1) is 6.81. The van der Waals surface area contributed by atoms with E-state index in [0.29, 0.717) is 0 Å². The average Bonchev–Trinajstić information content (AvgIpc) is 2.99. The van der Waals surface area contributed by atoms with E-state index in [1.54, 1.807) is 0 Å². The average molecular weight is 187 g/mol. The molecule has 1 aliphatic rings. The zero-order chi connectivity index (χ0) is 9.97. The van der Waals surface area contributed by atoms with Crippen LogP contribution in [0.2, 0.25) is 0 Å². The minimum atomic E-state index is 0.723. The van der Waals surface area contributed by atoms with Gasteiger partial charge in [-0.1, -0.05) is 30.3 Å². The highest BCUT2D eigenvalue weighted by Crippen LogP contribution is 2.25. The van der Waals surface area contributed by atoms with Crippen molar-refractivity contribution in [2.24, 2.45) is 0 Å². The molecular weight excluding hydrogens is 170 g/mol. The summed E-state index contributed by atoms with van der Waals surface area (Å²) in [5, 5.41) is 3.35. The monoisotopic (exact) mass is 187 g/mol. The Morgan fingerprint density at radius 2 is 2.21 bits per heavy atom. The molecule has 0 saturated carbocycles. The third-order valence-electron chi connectivity index (χ3n) is 2.80. The molecule has 1 unspecified atom stereocenters. The van der Waals surface area contributed by atoms with Gasteiger partial charge in [0, 0.05) is 12.6 Å². The molecule has 0 amide bonds. The van der Waals surface area contributed by atoms with Crippen LogP contribution >= 0.6 is 0 Å². The van der Waals surface area contributed by atoms with E-state index in [-0.39, 0.29) is 0 Å². The Balaban J connectivity index is 2.22. The van der Waals surface area contributed by atoms with Crippen LogP contribution in [0, 0.1) is 6.92 Å². The summed E-state index contributed by atoms with van der Waals surface area (Å²) in [6.45, 7) is 5.49. The van der Waals surface area contributed by atoms with Crippen molar-refractivity contribution in [3.8, 4) is 0 Å². The molecule has 1 saturated heterocycles. The maximum absolute atomic E-state index is 3.35. The summed E-state index contributed by atoms with van der Waals surface area (Å²) in [6, 6.07) is 9.33. The van der Waals surface area contributed by atoms with Crippen LogP contribution in [-0.2, 0) is 0 Å². The molecule has 1 fully saturated rings. The van der Waals surface area contributed by atoms with Gasteiger partial charge in [0.2, 0.25) is 0 Å². The Labute approximate surface area is 85.8 Å². The maximum atomic E-state index is 3.35. The molecule has 1 aliphatic heterocycles. The summed E-state index contributed by atoms with van der Waals surface area (Å²) in [5.41, 5.74) is 4.25. The van der Waals surface area contributed by atoms with Gasteiger partial charge in [0.25, 0.3) is 0 Å². The molecule has 0 aromatic heterocycles. The molecule has 0 spiro atoms. The van der Waals surface area contributed by atoms with Crippen molar-refractivity contribution < 1.29 is 0 Å². The van der Waals surface area contributed by atoms with Crippen molar-refractivity contribution in [1.82, 2.24) is 5.32 Å². The van der Waals surface area contributed by atoms with Crippen LogP contribution in [0.3, 0.4) is 0 Å². The topological polar surface area (TPSA) is 21.9 Å². The number of rotatable bonds is 3. The minimum Gasteiger partial charge on any atom is -0.311 e. The highest BCUT2D eigenvalue weighted by Gasteiger charge is 2.21. The number of nitrogens with one attached hydrogen (secondary N) is 1. The highest BCUT2D eigenvalue weighted by atomic mass is 15.1. The van der Waals surface area contributed by atoms with Crippen LogP contribution in [0.4, 0.5) is 0 Å². The highest BCUT2D eigenvalue weighted by molar-refractivity contribution is 5.68. The molecule has 1 nitrogen and oxygen atoms in total. The van der Waals surface area contributed by atoms with Gasteiger partial charge in [0.1, 0.15) is 0 Å². The molecule has 0 radical (unpaired) electrons. The fourth-order valence-corrected chi connectivity index (χ4v) is 1.81. The van der Waals surface area contributed by atoms with Gasteiger partial charge in [0.15, 0.2) is 0 Å². The van der Waals surface area contributed by atoms with Crippen molar-refractivity contribution >= 4 is 5.57 Å². The molecule has 1 atom stereocenters. The molecule has 2 rings (SSSR count). The van der Waals surface area contributed by atoms with E-state index >= 15 is 0 Å². The van der Waals surface area contributed by atoms with Gasteiger partial charge < -0.3 is 5.32 Å². The van der Waals surface area contributed by atoms with Crippen molar-refractivity contribution in [2.45, 2.75) is 26.3 Å². The van der Waals surface area contributed by atoms with Gasteiger partial charge in [-0.15, -0.1) is 0 Å². The fraction of sp³-hybridized carbons (Fsp3) is 0.385. The van der Waals surface area contributed by atoms with E-state index in [4.69, 9.17) is 0 Å². The second-order valence-electron chi connectivity index (χ2n) is 3.94. The first-order valence-corrected chi connectivity index (χ1v) is 5.26. The number of aryl methyl sites for hydroxylation is 1. The lowest BCUT2D eigenvalue weighted by atomic mass is 9.97. The zero-order valence-electron chi connectivity index (χ0n) is 8.88. The normalized spacial score (nSPS) is 21.0. The van der Waals surface area contributed by atoms with Crippen molar-refractivity contribution in [3.05, 3.63) is 41.5 Å². The predicted molar refractivity (Wildman–Crippen MR) is 61.2 cm³/mol. The van der Waals surface area contributed by atoms with Gasteiger partial charge in [-0.05, 0) is 37.0 Å². The van der Waals surface area contributed by atoms with Gasteiger partial charge in [-0.3, -0.25) is 0 Å². The summed E-state index contributed by atoms with van der Waals surface area (Å²) < 4.78 is 0. The first kappa shape index (κ1) is 9.47. The summed E-state index contributed by atoms with van der Waals surface area (Å²) in [5.74, 6) is 0. The standard InChI is InChI=1S/C13H17N/c1-3-11(8-12-9-14-12)13-7-5-4-6-10(13)2/h3-7,12,14H,8-9H2,1-2H3/b11-3-. The molecule has 1 aromatic carbocycles. The molecule has 0 bridgehead atoms. The summed E-state index contributed by atoms with van der Waals surface area (Å²) in [4.78, 5) is 0. The lowest BCUT2D eigenvalue weighted by molar-refractivity contribution is 0.978. The molecule has 1 aromatic rings. The van der Waals surface area contributed by atoms with E-state index in [0.717, 1.165) is 6.04 Å². The van der Waals surface area contributed by atoms with Crippen molar-refractivity contribution in [1.29, 1.82) is 0 Å². The van der Waals surface area contributed by atoms with E-state index < -0.39 is 0 Å². The fourth-order valence-electron chi connectivity index (χ4n) is 1.81. The Morgan fingerprint density at radius 3 is 2.79 bits per heavy atom. The largest absolute Gasteiger partial charge is 0.311 e. The van der Waals surface area contributed by atoms with E-state index in [9.17, 15) is 0 Å². The second-order valence-corrected chi connectivity index (χ2v) is 3.94. The van der Waals surface area contributed by atoms with E-state index in [2.05, 4.69) is 49.5 Å². The first-order valence-electron chi connectivity index (χ1n) is 5.26. The molecular formula is C13H17N. The number of benzene rings is 1. The third-order valence-corrected chi connectivity index (χ3v) is 2.80. The number of hydrogen-bond acceptors (Lipinski definition) is 1. The van der Waals surface area contributed by atoms with Gasteiger partial charge in [-0.25, -0.2) is 0 Å². The summed E-state index contributed by atoms with van der Waals surface area (Å²) >= 11 is 0. The van der Waals surface area contributed by atoms with Crippen LogP contribution in [0.15, 0.2) is 30.3 Å². The smallest absolute Gasteiger partial charge is 0.0233 e. The van der Waals surface area contributed by atoms with E-state index in [1.807, 2.05) is 0 Å². The Bertz CT molecular complexity index is 348. The van der Waals surface area contributed by atoms with Crippen molar-refractivity contribution in [2.75, 3.05) is 6.54 Å². The SMILES string of the molecule is C/C=C(/CC1CN1)c1ccccc1C. The Kier molecular flexibility index (Phi) is 2.69. The molecule has 1 heteroatoms. The van der Waals surface area contributed by atoms with Gasteiger partial charge >= 0.3 is 0 Å². The lowest BCUT2D eigenvalue weighted by Crippen LogP contribution is -1.95. The Hall–Kier alpha value is -1.08. The second kappa shape index (κ2) is 3.97. The van der Waals surface area contributed by atoms with Gasteiger partial charge in [0.05, 0.1) is 0 Å². The zero-order valence-corrected chi connectivity index (χ0v) is 8.88. The van der Waals surface area contributed by atoms with Crippen LogP contribution in [0.25, 0.3) is 5.57 Å². The summed E-state index contributed by atoms with van der Waals surface area (Å²) in [6.07, 6.45) is 3.41. The molecule has 1 heterocycles. The molecule has 1 N–H and O–H groups in total. The number of hydrogen-bond donors (Lipinski definition) is 1. The summed E-state index contributed by atoms with van der Waals surface area (Å²) in [7, 11) is 0. The molecule has 74 valence electrons. The minimum absolute atomic E-state index is 0.723. The molecule has 14 heavy (non-hydrogen) atoms. The molecule has 0 aliphatic carbocycles.